The number of methoxy groups -OCH3 is 1. The minimum atomic E-state index is -3.50. The van der Waals surface area contributed by atoms with Gasteiger partial charge in [0.1, 0.15) is 0 Å². The summed E-state index contributed by atoms with van der Waals surface area (Å²) in [7, 11) is -2.16. The second-order valence-electron chi connectivity index (χ2n) is 6.00. The molecule has 0 spiro atoms. The van der Waals surface area contributed by atoms with Crippen LogP contribution < -0.4 is 0 Å². The Labute approximate surface area is 137 Å². The van der Waals surface area contributed by atoms with Gasteiger partial charge in [-0.05, 0) is 48.9 Å². The van der Waals surface area contributed by atoms with Crippen LogP contribution in [-0.2, 0) is 27.6 Å². The molecule has 0 saturated carbocycles. The minimum absolute atomic E-state index is 0.300. The summed E-state index contributed by atoms with van der Waals surface area (Å²) in [6.07, 6.45) is 3.88. The van der Waals surface area contributed by atoms with Crippen molar-refractivity contribution in [2.24, 2.45) is 0 Å². The Morgan fingerprint density at radius 3 is 2.35 bits per heavy atom. The third kappa shape index (κ3) is 3.21. The number of hydrogen-bond acceptors (Lipinski definition) is 4. The van der Waals surface area contributed by atoms with E-state index in [1.807, 2.05) is 12.1 Å². The largest absolute Gasteiger partial charge is 0.453 e. The standard InChI is InChI=1S/C16H22N2O4S/c1-22-16(19)17-8-10-18(11-9-17)23(20,21)15-7-6-13-4-2-3-5-14(13)12-15/h6-7,12H,2-5,8-11H2,1H3. The van der Waals surface area contributed by atoms with Crippen LogP contribution in [0.5, 0.6) is 0 Å². The van der Waals surface area contributed by atoms with Crippen LogP contribution in [0.25, 0.3) is 0 Å². The van der Waals surface area contributed by atoms with E-state index in [0.717, 1.165) is 24.8 Å². The zero-order valence-corrected chi connectivity index (χ0v) is 14.1. The number of sulfonamides is 1. The minimum Gasteiger partial charge on any atom is -0.453 e. The summed E-state index contributed by atoms with van der Waals surface area (Å²) < 4.78 is 31.8. The fraction of sp³-hybridized carbons (Fsp3) is 0.562. The first kappa shape index (κ1) is 16.3. The Kier molecular flexibility index (Phi) is 4.59. The van der Waals surface area contributed by atoms with E-state index in [-0.39, 0.29) is 0 Å². The molecule has 23 heavy (non-hydrogen) atoms. The third-order valence-electron chi connectivity index (χ3n) is 4.63. The van der Waals surface area contributed by atoms with Gasteiger partial charge in [-0.25, -0.2) is 13.2 Å². The number of hydrogen-bond donors (Lipinski definition) is 0. The fourth-order valence-corrected chi connectivity index (χ4v) is 4.73. The predicted octanol–water partition coefficient (Wildman–Crippen LogP) is 1.64. The van der Waals surface area contributed by atoms with Crippen molar-refractivity contribution in [1.29, 1.82) is 0 Å². The molecule has 1 aromatic rings. The Bertz CT molecular complexity index is 694. The van der Waals surface area contributed by atoms with E-state index in [2.05, 4.69) is 4.74 Å². The van der Waals surface area contributed by atoms with Crippen LogP contribution in [0.1, 0.15) is 24.0 Å². The lowest BCUT2D eigenvalue weighted by Gasteiger charge is -2.33. The molecule has 1 aliphatic heterocycles. The highest BCUT2D eigenvalue weighted by atomic mass is 32.2. The molecule has 0 radical (unpaired) electrons. The molecule has 1 aliphatic carbocycles. The van der Waals surface area contributed by atoms with E-state index in [4.69, 9.17) is 0 Å². The SMILES string of the molecule is COC(=O)N1CCN(S(=O)(=O)c2ccc3c(c2)CCCC3)CC1. The van der Waals surface area contributed by atoms with E-state index in [0.29, 0.717) is 31.1 Å². The molecule has 1 saturated heterocycles. The summed E-state index contributed by atoms with van der Waals surface area (Å²) in [5, 5.41) is 0. The lowest BCUT2D eigenvalue weighted by Crippen LogP contribution is -2.50. The summed E-state index contributed by atoms with van der Waals surface area (Å²) in [5.41, 5.74) is 2.43. The van der Waals surface area contributed by atoms with Crippen molar-refractivity contribution in [3.63, 3.8) is 0 Å². The van der Waals surface area contributed by atoms with Crippen molar-refractivity contribution in [3.8, 4) is 0 Å². The monoisotopic (exact) mass is 338 g/mol. The van der Waals surface area contributed by atoms with Gasteiger partial charge in [0.25, 0.3) is 0 Å². The highest BCUT2D eigenvalue weighted by Crippen LogP contribution is 2.26. The lowest BCUT2D eigenvalue weighted by atomic mass is 9.92. The molecule has 0 atom stereocenters. The normalized spacial score (nSPS) is 19.3. The first-order valence-electron chi connectivity index (χ1n) is 7.97. The molecule has 3 rings (SSSR count). The molecule has 0 unspecified atom stereocenters. The molecule has 1 aromatic carbocycles. The molecule has 7 heteroatoms. The van der Waals surface area contributed by atoms with Crippen LogP contribution in [-0.4, -0.2) is 57.0 Å². The number of amides is 1. The Morgan fingerprint density at radius 2 is 1.70 bits per heavy atom. The lowest BCUT2D eigenvalue weighted by molar-refractivity contribution is 0.108. The molecule has 0 aromatic heterocycles. The molecule has 1 amide bonds. The number of piperazine rings is 1. The topological polar surface area (TPSA) is 66.9 Å². The molecule has 0 N–H and O–H groups in total. The number of nitrogens with zero attached hydrogens (tertiary/aromatic N) is 2. The van der Waals surface area contributed by atoms with Gasteiger partial charge >= 0.3 is 6.09 Å². The number of fused-ring (bicyclic) bond motifs is 1. The van der Waals surface area contributed by atoms with Crippen LogP contribution >= 0.6 is 0 Å². The predicted molar refractivity (Wildman–Crippen MR) is 85.8 cm³/mol. The van der Waals surface area contributed by atoms with E-state index in [1.165, 1.54) is 28.3 Å². The van der Waals surface area contributed by atoms with Gasteiger partial charge in [0.15, 0.2) is 0 Å². The number of carbonyl (C=O) groups is 1. The van der Waals surface area contributed by atoms with Crippen molar-refractivity contribution in [3.05, 3.63) is 29.3 Å². The molecule has 6 nitrogen and oxygen atoms in total. The Balaban J connectivity index is 1.76. The van der Waals surface area contributed by atoms with Gasteiger partial charge < -0.3 is 9.64 Å². The number of carbonyl (C=O) groups excluding carboxylic acids is 1. The summed E-state index contributed by atoms with van der Waals surface area (Å²) in [5.74, 6) is 0. The van der Waals surface area contributed by atoms with Gasteiger partial charge in [-0.1, -0.05) is 6.07 Å². The van der Waals surface area contributed by atoms with Crippen LogP contribution in [0.2, 0.25) is 0 Å². The molecule has 1 heterocycles. The molecular weight excluding hydrogens is 316 g/mol. The summed E-state index contributed by atoms with van der Waals surface area (Å²) >= 11 is 0. The van der Waals surface area contributed by atoms with Crippen molar-refractivity contribution in [2.45, 2.75) is 30.6 Å². The molecule has 0 bridgehead atoms. The van der Waals surface area contributed by atoms with E-state index < -0.39 is 16.1 Å². The fourth-order valence-electron chi connectivity index (χ4n) is 3.26. The number of rotatable bonds is 2. The van der Waals surface area contributed by atoms with E-state index in [1.54, 1.807) is 6.07 Å². The zero-order chi connectivity index (χ0) is 16.4. The van der Waals surface area contributed by atoms with Crippen LogP contribution in [0, 0.1) is 0 Å². The maximum absolute atomic E-state index is 12.8. The van der Waals surface area contributed by atoms with E-state index >= 15 is 0 Å². The first-order chi connectivity index (χ1) is 11.0. The first-order valence-corrected chi connectivity index (χ1v) is 9.41. The van der Waals surface area contributed by atoms with Crippen molar-refractivity contribution in [2.75, 3.05) is 33.3 Å². The molecular formula is C16H22N2O4S. The smallest absolute Gasteiger partial charge is 0.409 e. The third-order valence-corrected chi connectivity index (χ3v) is 6.52. The van der Waals surface area contributed by atoms with Gasteiger partial charge in [0, 0.05) is 26.2 Å². The molecule has 126 valence electrons. The number of aryl methyl sites for hydroxylation is 2. The van der Waals surface area contributed by atoms with Gasteiger partial charge in [0.05, 0.1) is 12.0 Å². The van der Waals surface area contributed by atoms with Gasteiger partial charge in [-0.2, -0.15) is 4.31 Å². The second-order valence-corrected chi connectivity index (χ2v) is 7.94. The maximum Gasteiger partial charge on any atom is 0.409 e. The number of ether oxygens (including phenoxy) is 1. The summed E-state index contributed by atoms with van der Waals surface area (Å²) in [6.45, 7) is 1.32. The maximum atomic E-state index is 12.8. The quantitative estimate of drug-likeness (QED) is 0.822. The Hall–Kier alpha value is -1.60. The highest BCUT2D eigenvalue weighted by Gasteiger charge is 2.30. The summed E-state index contributed by atoms with van der Waals surface area (Å²) in [6, 6.07) is 5.49. The summed E-state index contributed by atoms with van der Waals surface area (Å²) in [4.78, 5) is 13.4. The van der Waals surface area contributed by atoms with Crippen LogP contribution in [0.4, 0.5) is 4.79 Å². The van der Waals surface area contributed by atoms with Crippen molar-refractivity contribution >= 4 is 16.1 Å². The van der Waals surface area contributed by atoms with Gasteiger partial charge in [-0.15, -0.1) is 0 Å². The van der Waals surface area contributed by atoms with Crippen LogP contribution in [0.3, 0.4) is 0 Å². The van der Waals surface area contributed by atoms with Crippen LogP contribution in [0.15, 0.2) is 23.1 Å². The highest BCUT2D eigenvalue weighted by molar-refractivity contribution is 7.89. The van der Waals surface area contributed by atoms with Gasteiger partial charge in [0.2, 0.25) is 10.0 Å². The number of benzene rings is 1. The van der Waals surface area contributed by atoms with Gasteiger partial charge in [-0.3, -0.25) is 0 Å². The molecule has 2 aliphatic rings. The van der Waals surface area contributed by atoms with E-state index in [9.17, 15) is 13.2 Å². The van der Waals surface area contributed by atoms with Crippen molar-refractivity contribution in [1.82, 2.24) is 9.21 Å². The Morgan fingerprint density at radius 1 is 1.04 bits per heavy atom. The average Bonchev–Trinajstić information content (AvgIpc) is 2.60. The average molecular weight is 338 g/mol. The van der Waals surface area contributed by atoms with Crippen molar-refractivity contribution < 1.29 is 17.9 Å². The second kappa shape index (κ2) is 6.49. The molecule has 1 fully saturated rings. The zero-order valence-electron chi connectivity index (χ0n) is 13.3.